The highest BCUT2D eigenvalue weighted by molar-refractivity contribution is 6.44. The fourth-order valence-corrected chi connectivity index (χ4v) is 0.725. The topological polar surface area (TPSA) is 0 Å². The van der Waals surface area contributed by atoms with Crippen LogP contribution in [0.15, 0.2) is 35.9 Å². The maximum Gasteiger partial charge on any atom is 0.154 e. The van der Waals surface area contributed by atoms with Crippen LogP contribution in [-0.2, 0) is 0 Å². The third-order valence-corrected chi connectivity index (χ3v) is 1.29. The number of allylic oxidation sites excluding steroid dienone is 6. The van der Waals surface area contributed by atoms with Crippen LogP contribution < -0.4 is 0 Å². The summed E-state index contributed by atoms with van der Waals surface area (Å²) in [5.74, 6) is 0. The van der Waals surface area contributed by atoms with Crippen LogP contribution in [0.4, 0.5) is 0 Å². The highest BCUT2D eigenvalue weighted by Crippen LogP contribution is 1.94. The molecule has 0 aliphatic carbocycles. The van der Waals surface area contributed by atoms with E-state index < -0.39 is 0 Å². The van der Waals surface area contributed by atoms with Crippen LogP contribution >= 0.6 is 0 Å². The molecule has 54 valence electrons. The van der Waals surface area contributed by atoms with Gasteiger partial charge in [0.05, 0.1) is 0 Å². The Bertz CT molecular complexity index is 152. The number of rotatable bonds is 3. The van der Waals surface area contributed by atoms with Gasteiger partial charge in [0.15, 0.2) is 7.28 Å². The molecule has 0 spiro atoms. The average Bonchev–Trinajstić information content (AvgIpc) is 1.98. The van der Waals surface area contributed by atoms with Gasteiger partial charge in [-0.3, -0.25) is 0 Å². The van der Waals surface area contributed by atoms with Crippen LogP contribution in [0.25, 0.3) is 0 Å². The molecule has 0 saturated carbocycles. The molecule has 0 aromatic carbocycles. The lowest BCUT2D eigenvalue weighted by Crippen LogP contribution is -1.84. The van der Waals surface area contributed by atoms with Crippen molar-refractivity contribution in [2.24, 2.45) is 0 Å². The smallest absolute Gasteiger partial charge is 0.0882 e. The standard InChI is InChI=1S/C9H15B/c1-4-6-8-9(10-3)7-5-2/h4-8,10H,1-3H3/b6-4+,7-5-,9-8+. The Morgan fingerprint density at radius 1 is 1.20 bits per heavy atom. The minimum Gasteiger partial charge on any atom is -0.0882 e. The van der Waals surface area contributed by atoms with Gasteiger partial charge in [0.2, 0.25) is 0 Å². The third-order valence-electron chi connectivity index (χ3n) is 1.29. The van der Waals surface area contributed by atoms with Gasteiger partial charge in [0, 0.05) is 0 Å². The van der Waals surface area contributed by atoms with Crippen LogP contribution in [0.1, 0.15) is 13.8 Å². The molecular formula is C9H15B. The van der Waals surface area contributed by atoms with Crippen molar-refractivity contribution in [3.8, 4) is 0 Å². The van der Waals surface area contributed by atoms with Gasteiger partial charge in [-0.2, -0.15) is 0 Å². The summed E-state index contributed by atoms with van der Waals surface area (Å²) < 4.78 is 0. The molecule has 0 rings (SSSR count). The molecule has 0 saturated heterocycles. The second-order valence-corrected chi connectivity index (χ2v) is 2.12. The largest absolute Gasteiger partial charge is 0.154 e. The van der Waals surface area contributed by atoms with E-state index in [0.717, 1.165) is 7.28 Å². The fourth-order valence-electron chi connectivity index (χ4n) is 0.725. The average molecular weight is 134 g/mol. The van der Waals surface area contributed by atoms with Crippen molar-refractivity contribution in [3.63, 3.8) is 0 Å². The molecule has 0 radical (unpaired) electrons. The van der Waals surface area contributed by atoms with E-state index in [2.05, 4.69) is 31.1 Å². The predicted octanol–water partition coefficient (Wildman–Crippen LogP) is 2.51. The van der Waals surface area contributed by atoms with Crippen molar-refractivity contribution in [1.82, 2.24) is 0 Å². The summed E-state index contributed by atoms with van der Waals surface area (Å²) in [6.45, 7) is 6.23. The zero-order valence-corrected chi connectivity index (χ0v) is 7.09. The number of hydrogen-bond donors (Lipinski definition) is 0. The Balaban J connectivity index is 4.04. The molecule has 0 N–H and O–H groups in total. The molecule has 10 heavy (non-hydrogen) atoms. The summed E-state index contributed by atoms with van der Waals surface area (Å²) in [5.41, 5.74) is 1.38. The molecule has 0 aromatic heterocycles. The Morgan fingerprint density at radius 3 is 2.30 bits per heavy atom. The molecular weight excluding hydrogens is 119 g/mol. The highest BCUT2D eigenvalue weighted by Gasteiger charge is 1.83. The Hall–Kier alpha value is -0.715. The van der Waals surface area contributed by atoms with Crippen LogP contribution in [0, 0.1) is 0 Å². The molecule has 0 aliphatic rings. The van der Waals surface area contributed by atoms with Gasteiger partial charge in [0.25, 0.3) is 0 Å². The molecule has 1 heteroatoms. The van der Waals surface area contributed by atoms with Crippen LogP contribution in [0.3, 0.4) is 0 Å². The monoisotopic (exact) mass is 134 g/mol. The lowest BCUT2D eigenvalue weighted by atomic mass is 9.72. The van der Waals surface area contributed by atoms with E-state index in [1.165, 1.54) is 5.47 Å². The van der Waals surface area contributed by atoms with E-state index >= 15 is 0 Å². The van der Waals surface area contributed by atoms with Gasteiger partial charge in [-0.15, -0.1) is 0 Å². The highest BCUT2D eigenvalue weighted by atomic mass is 13.7. The quantitative estimate of drug-likeness (QED) is 0.411. The molecule has 0 nitrogen and oxygen atoms in total. The van der Waals surface area contributed by atoms with E-state index in [4.69, 9.17) is 0 Å². The predicted molar refractivity (Wildman–Crippen MR) is 50.7 cm³/mol. The zero-order valence-electron chi connectivity index (χ0n) is 7.09. The second kappa shape index (κ2) is 6.41. The van der Waals surface area contributed by atoms with Crippen molar-refractivity contribution in [3.05, 3.63) is 35.9 Å². The van der Waals surface area contributed by atoms with E-state index in [0.29, 0.717) is 0 Å². The maximum atomic E-state index is 2.16. The minimum absolute atomic E-state index is 1.11. The van der Waals surface area contributed by atoms with Crippen molar-refractivity contribution < 1.29 is 0 Å². The van der Waals surface area contributed by atoms with Crippen molar-refractivity contribution in [1.29, 1.82) is 0 Å². The lowest BCUT2D eigenvalue weighted by Gasteiger charge is -1.89. The summed E-state index contributed by atoms with van der Waals surface area (Å²) >= 11 is 0. The Kier molecular flexibility index (Phi) is 5.95. The summed E-state index contributed by atoms with van der Waals surface area (Å²) in [5, 5.41) is 0. The summed E-state index contributed by atoms with van der Waals surface area (Å²) in [4.78, 5) is 0. The minimum atomic E-state index is 1.11. The molecule has 0 bridgehead atoms. The second-order valence-electron chi connectivity index (χ2n) is 2.12. The molecule has 0 atom stereocenters. The van der Waals surface area contributed by atoms with Gasteiger partial charge in [-0.1, -0.05) is 42.7 Å². The van der Waals surface area contributed by atoms with Crippen molar-refractivity contribution >= 4 is 7.28 Å². The first-order valence-electron chi connectivity index (χ1n) is 3.79. The normalized spacial score (nSPS) is 13.3. The summed E-state index contributed by atoms with van der Waals surface area (Å²) in [7, 11) is 1.11. The molecule has 0 aliphatic heterocycles. The van der Waals surface area contributed by atoms with Gasteiger partial charge in [-0.05, 0) is 13.8 Å². The van der Waals surface area contributed by atoms with E-state index in [-0.39, 0.29) is 0 Å². The third kappa shape index (κ3) is 4.19. The van der Waals surface area contributed by atoms with Crippen LogP contribution in [-0.4, -0.2) is 7.28 Å². The van der Waals surface area contributed by atoms with Gasteiger partial charge >= 0.3 is 0 Å². The molecule has 0 fully saturated rings. The van der Waals surface area contributed by atoms with Gasteiger partial charge < -0.3 is 0 Å². The lowest BCUT2D eigenvalue weighted by molar-refractivity contribution is 1.67. The van der Waals surface area contributed by atoms with E-state index in [1.54, 1.807) is 0 Å². The summed E-state index contributed by atoms with van der Waals surface area (Å²) in [6, 6.07) is 0. The molecule has 0 amide bonds. The fraction of sp³-hybridized carbons (Fsp3) is 0.333. The summed E-state index contributed by atoms with van der Waals surface area (Å²) in [6.07, 6.45) is 10.5. The van der Waals surface area contributed by atoms with Crippen molar-refractivity contribution in [2.75, 3.05) is 0 Å². The zero-order chi connectivity index (χ0) is 7.82. The number of hydrogen-bond acceptors (Lipinski definition) is 0. The van der Waals surface area contributed by atoms with Crippen molar-refractivity contribution in [2.45, 2.75) is 20.7 Å². The van der Waals surface area contributed by atoms with Crippen LogP contribution in [0.5, 0.6) is 0 Å². The van der Waals surface area contributed by atoms with E-state index in [9.17, 15) is 0 Å². The Morgan fingerprint density at radius 2 is 1.90 bits per heavy atom. The van der Waals surface area contributed by atoms with Gasteiger partial charge in [0.1, 0.15) is 0 Å². The SMILES string of the molecule is CBC(/C=C\C)=C/C=C/C. The van der Waals surface area contributed by atoms with Gasteiger partial charge in [-0.25, -0.2) is 0 Å². The first-order valence-corrected chi connectivity index (χ1v) is 3.79. The Labute approximate surface area is 64.6 Å². The first-order chi connectivity index (χ1) is 4.85. The van der Waals surface area contributed by atoms with Crippen LogP contribution in [0.2, 0.25) is 6.82 Å². The molecule has 0 heterocycles. The first kappa shape index (κ1) is 9.28. The molecule has 0 aromatic rings. The molecule has 0 unspecified atom stereocenters. The van der Waals surface area contributed by atoms with E-state index in [1.807, 2.05) is 19.9 Å². The maximum absolute atomic E-state index is 2.16.